The minimum absolute atomic E-state index is 0.145. The van der Waals surface area contributed by atoms with E-state index in [2.05, 4.69) is 15.9 Å². The Bertz CT molecular complexity index is 252. The summed E-state index contributed by atoms with van der Waals surface area (Å²) in [5.74, 6) is 0.621. The van der Waals surface area contributed by atoms with Gasteiger partial charge in [-0.25, -0.2) is 0 Å². The number of nitrogen functional groups attached to an aromatic ring is 1. The monoisotopic (exact) mass is 216 g/mol. The largest absolute Gasteiger partial charge is 0.476 e. The second-order valence-electron chi connectivity index (χ2n) is 1.99. The van der Waals surface area contributed by atoms with Crippen molar-refractivity contribution in [2.45, 2.75) is 0 Å². The maximum absolute atomic E-state index is 5.60. The van der Waals surface area contributed by atoms with Crippen molar-refractivity contribution in [3.63, 3.8) is 0 Å². The van der Waals surface area contributed by atoms with E-state index in [4.69, 9.17) is 16.2 Å². The molecule has 0 aliphatic heterocycles. The van der Waals surface area contributed by atoms with Crippen molar-refractivity contribution in [1.82, 2.24) is 0 Å². The minimum atomic E-state index is 0.145. The van der Waals surface area contributed by atoms with Crippen LogP contribution in [0.15, 0.2) is 22.7 Å². The molecule has 0 unspecified atom stereocenters. The summed E-state index contributed by atoms with van der Waals surface area (Å²) in [5.41, 5.74) is 11.4. The lowest BCUT2D eigenvalue weighted by molar-refractivity contribution is 0.331. The van der Waals surface area contributed by atoms with Crippen molar-refractivity contribution >= 4 is 21.6 Å². The summed E-state index contributed by atoms with van der Waals surface area (Å²) in [7, 11) is 0. The summed E-state index contributed by atoms with van der Waals surface area (Å²) >= 11 is 3.28. The third kappa shape index (κ3) is 2.10. The van der Waals surface area contributed by atoms with Crippen molar-refractivity contribution in [2.24, 2.45) is 5.73 Å². The molecule has 0 atom stereocenters. The zero-order chi connectivity index (χ0) is 8.27. The molecule has 0 saturated carbocycles. The lowest BCUT2D eigenvalue weighted by Crippen LogP contribution is -2.08. The van der Waals surface area contributed by atoms with Gasteiger partial charge >= 0.3 is 0 Å². The van der Waals surface area contributed by atoms with E-state index < -0.39 is 0 Å². The molecule has 4 heteroatoms. The van der Waals surface area contributed by atoms with Crippen LogP contribution in [0.4, 0.5) is 5.69 Å². The quantitative estimate of drug-likeness (QED) is 0.580. The van der Waals surface area contributed by atoms with Crippen LogP contribution in [-0.4, -0.2) is 6.73 Å². The first-order valence-corrected chi connectivity index (χ1v) is 3.91. The Labute approximate surface area is 73.5 Å². The minimum Gasteiger partial charge on any atom is -0.476 e. The molecule has 0 saturated heterocycles. The maximum atomic E-state index is 5.60. The molecule has 0 radical (unpaired) electrons. The normalized spacial score (nSPS) is 9.64. The molecular weight excluding hydrogens is 208 g/mol. The molecule has 11 heavy (non-hydrogen) atoms. The van der Waals surface area contributed by atoms with E-state index in [9.17, 15) is 0 Å². The average molecular weight is 217 g/mol. The van der Waals surface area contributed by atoms with Crippen LogP contribution in [0.5, 0.6) is 5.75 Å². The predicted molar refractivity (Wildman–Crippen MR) is 48.2 cm³/mol. The summed E-state index contributed by atoms with van der Waals surface area (Å²) in [6, 6.07) is 5.39. The summed E-state index contributed by atoms with van der Waals surface area (Å²) in [4.78, 5) is 0. The highest BCUT2D eigenvalue weighted by molar-refractivity contribution is 9.10. The molecule has 0 amide bonds. The Morgan fingerprint density at radius 3 is 2.73 bits per heavy atom. The van der Waals surface area contributed by atoms with Crippen molar-refractivity contribution in [2.75, 3.05) is 12.5 Å². The SMILES string of the molecule is NCOc1ccc(Br)cc1N. The molecule has 1 rings (SSSR count). The number of hydrogen-bond acceptors (Lipinski definition) is 3. The van der Waals surface area contributed by atoms with Crippen molar-refractivity contribution < 1.29 is 4.74 Å². The lowest BCUT2D eigenvalue weighted by atomic mass is 10.3. The Morgan fingerprint density at radius 2 is 2.18 bits per heavy atom. The molecule has 3 nitrogen and oxygen atoms in total. The molecule has 0 heterocycles. The van der Waals surface area contributed by atoms with Gasteiger partial charge in [-0.15, -0.1) is 0 Å². The van der Waals surface area contributed by atoms with Crippen LogP contribution in [0.3, 0.4) is 0 Å². The van der Waals surface area contributed by atoms with Gasteiger partial charge in [-0.1, -0.05) is 15.9 Å². The first-order chi connectivity index (χ1) is 5.24. The van der Waals surface area contributed by atoms with Gasteiger partial charge in [0.1, 0.15) is 12.5 Å². The van der Waals surface area contributed by atoms with Gasteiger partial charge in [-0.05, 0) is 18.2 Å². The number of hydrogen-bond donors (Lipinski definition) is 2. The number of halogens is 1. The van der Waals surface area contributed by atoms with Crippen LogP contribution in [0.1, 0.15) is 0 Å². The molecule has 0 aliphatic rings. The third-order valence-electron chi connectivity index (χ3n) is 1.21. The first-order valence-electron chi connectivity index (χ1n) is 3.12. The van der Waals surface area contributed by atoms with E-state index >= 15 is 0 Å². The van der Waals surface area contributed by atoms with Gasteiger partial charge in [0, 0.05) is 4.47 Å². The molecular formula is C7H9BrN2O. The van der Waals surface area contributed by atoms with Crippen LogP contribution in [-0.2, 0) is 0 Å². The highest BCUT2D eigenvalue weighted by atomic mass is 79.9. The standard InChI is InChI=1S/C7H9BrN2O/c8-5-1-2-7(11-4-9)6(10)3-5/h1-3H,4,9-10H2. The van der Waals surface area contributed by atoms with Crippen LogP contribution in [0.25, 0.3) is 0 Å². The van der Waals surface area contributed by atoms with Gasteiger partial charge in [0.15, 0.2) is 0 Å². The Kier molecular flexibility index (Phi) is 2.73. The topological polar surface area (TPSA) is 61.3 Å². The summed E-state index contributed by atoms with van der Waals surface area (Å²) in [5, 5.41) is 0. The van der Waals surface area contributed by atoms with Crippen LogP contribution in [0, 0.1) is 0 Å². The molecule has 0 aromatic heterocycles. The molecule has 0 bridgehead atoms. The van der Waals surface area contributed by atoms with Gasteiger partial charge in [0.2, 0.25) is 0 Å². The molecule has 0 aliphatic carbocycles. The lowest BCUT2D eigenvalue weighted by Gasteiger charge is -2.05. The van der Waals surface area contributed by atoms with E-state index in [1.54, 1.807) is 12.1 Å². The van der Waals surface area contributed by atoms with Gasteiger partial charge < -0.3 is 10.5 Å². The summed E-state index contributed by atoms with van der Waals surface area (Å²) in [6.07, 6.45) is 0. The van der Waals surface area contributed by atoms with E-state index in [0.29, 0.717) is 11.4 Å². The van der Waals surface area contributed by atoms with Crippen LogP contribution >= 0.6 is 15.9 Å². The second-order valence-corrected chi connectivity index (χ2v) is 2.91. The zero-order valence-corrected chi connectivity index (χ0v) is 7.47. The number of anilines is 1. The van der Waals surface area contributed by atoms with Gasteiger partial charge in [0.05, 0.1) is 5.69 Å². The number of benzene rings is 1. The van der Waals surface area contributed by atoms with E-state index in [1.165, 1.54) is 0 Å². The van der Waals surface area contributed by atoms with Crippen molar-refractivity contribution in [3.8, 4) is 5.75 Å². The zero-order valence-electron chi connectivity index (χ0n) is 5.88. The fourth-order valence-corrected chi connectivity index (χ4v) is 1.12. The van der Waals surface area contributed by atoms with Crippen molar-refractivity contribution in [3.05, 3.63) is 22.7 Å². The summed E-state index contributed by atoms with van der Waals surface area (Å²) < 4.78 is 5.95. The van der Waals surface area contributed by atoms with Crippen LogP contribution in [0.2, 0.25) is 0 Å². The predicted octanol–water partition coefficient (Wildman–Crippen LogP) is 1.33. The Hall–Kier alpha value is -0.740. The molecule has 4 N–H and O–H groups in total. The van der Waals surface area contributed by atoms with E-state index in [0.717, 1.165) is 4.47 Å². The number of rotatable bonds is 2. The molecule has 60 valence electrons. The first kappa shape index (κ1) is 8.36. The number of ether oxygens (including phenoxy) is 1. The summed E-state index contributed by atoms with van der Waals surface area (Å²) in [6.45, 7) is 0.145. The smallest absolute Gasteiger partial charge is 0.144 e. The van der Waals surface area contributed by atoms with Crippen LogP contribution < -0.4 is 16.2 Å². The molecule has 0 spiro atoms. The Morgan fingerprint density at radius 1 is 1.45 bits per heavy atom. The van der Waals surface area contributed by atoms with Gasteiger partial charge in [-0.2, -0.15) is 0 Å². The van der Waals surface area contributed by atoms with Gasteiger partial charge in [-0.3, -0.25) is 5.73 Å². The highest BCUT2D eigenvalue weighted by Crippen LogP contribution is 2.24. The maximum Gasteiger partial charge on any atom is 0.144 e. The van der Waals surface area contributed by atoms with E-state index in [1.807, 2.05) is 6.07 Å². The number of nitrogens with two attached hydrogens (primary N) is 2. The highest BCUT2D eigenvalue weighted by Gasteiger charge is 1.98. The average Bonchev–Trinajstić information content (AvgIpc) is 1.95. The van der Waals surface area contributed by atoms with E-state index in [-0.39, 0.29) is 6.73 Å². The Balaban J connectivity index is 2.90. The van der Waals surface area contributed by atoms with Gasteiger partial charge in [0.25, 0.3) is 0 Å². The second kappa shape index (κ2) is 3.59. The van der Waals surface area contributed by atoms with Crippen molar-refractivity contribution in [1.29, 1.82) is 0 Å². The molecule has 1 aromatic carbocycles. The fraction of sp³-hybridized carbons (Fsp3) is 0.143. The molecule has 0 fully saturated rings. The molecule has 1 aromatic rings. The third-order valence-corrected chi connectivity index (χ3v) is 1.70. The fourth-order valence-electron chi connectivity index (χ4n) is 0.741.